The Balaban J connectivity index is 2.11. The van der Waals surface area contributed by atoms with Gasteiger partial charge in [0.25, 0.3) is 0 Å². The Morgan fingerprint density at radius 3 is 2.50 bits per heavy atom. The van der Waals surface area contributed by atoms with Crippen LogP contribution in [0.5, 0.6) is 0 Å². The third kappa shape index (κ3) is 2.90. The predicted octanol–water partition coefficient (Wildman–Crippen LogP) is 2.80. The third-order valence-electron chi connectivity index (χ3n) is 4.28. The summed E-state index contributed by atoms with van der Waals surface area (Å²) in [5, 5.41) is 0. The Hall–Kier alpha value is -0.930. The molecule has 2 N–H and O–H groups in total. The van der Waals surface area contributed by atoms with Gasteiger partial charge in [-0.05, 0) is 42.5 Å². The monoisotopic (exact) mass is 250 g/mol. The molecule has 3 atom stereocenters. The van der Waals surface area contributed by atoms with Crippen LogP contribution in [-0.2, 0) is 0 Å². The number of piperidine rings is 1. The van der Waals surface area contributed by atoms with Crippen molar-refractivity contribution < 1.29 is 4.39 Å². The van der Waals surface area contributed by atoms with E-state index in [0.717, 1.165) is 24.6 Å². The standard InChI is InChI=1S/C15H23FN2/c1-11-7-8-18(10-12(11)2)15(9-17)13-3-5-14(16)6-4-13/h3-6,11-12,15H,7-10,17H2,1-2H3. The molecular formula is C15H23FN2. The first kappa shape index (κ1) is 13.5. The van der Waals surface area contributed by atoms with Crippen LogP contribution in [0.4, 0.5) is 4.39 Å². The van der Waals surface area contributed by atoms with E-state index in [9.17, 15) is 4.39 Å². The van der Waals surface area contributed by atoms with Gasteiger partial charge in [0.2, 0.25) is 0 Å². The summed E-state index contributed by atoms with van der Waals surface area (Å²) >= 11 is 0. The van der Waals surface area contributed by atoms with Gasteiger partial charge in [0.15, 0.2) is 0 Å². The van der Waals surface area contributed by atoms with Crippen LogP contribution in [0.1, 0.15) is 31.9 Å². The Morgan fingerprint density at radius 1 is 1.28 bits per heavy atom. The highest BCUT2D eigenvalue weighted by molar-refractivity contribution is 5.20. The second-order valence-corrected chi connectivity index (χ2v) is 5.54. The predicted molar refractivity (Wildman–Crippen MR) is 72.7 cm³/mol. The molecule has 0 spiro atoms. The third-order valence-corrected chi connectivity index (χ3v) is 4.28. The molecule has 1 aliphatic rings. The molecule has 1 aromatic carbocycles. The molecule has 0 aliphatic carbocycles. The molecule has 1 aromatic rings. The van der Waals surface area contributed by atoms with E-state index in [2.05, 4.69) is 18.7 Å². The van der Waals surface area contributed by atoms with Gasteiger partial charge in [0.1, 0.15) is 5.82 Å². The van der Waals surface area contributed by atoms with Crippen LogP contribution in [0.15, 0.2) is 24.3 Å². The van der Waals surface area contributed by atoms with Crippen molar-refractivity contribution in [2.75, 3.05) is 19.6 Å². The molecule has 100 valence electrons. The fourth-order valence-electron chi connectivity index (χ4n) is 2.76. The first-order valence-electron chi connectivity index (χ1n) is 6.81. The van der Waals surface area contributed by atoms with Crippen LogP contribution in [0.25, 0.3) is 0 Å². The first-order chi connectivity index (χ1) is 8.61. The van der Waals surface area contributed by atoms with Gasteiger partial charge < -0.3 is 5.73 Å². The van der Waals surface area contributed by atoms with Crippen LogP contribution in [0.3, 0.4) is 0 Å². The molecule has 0 aromatic heterocycles. The van der Waals surface area contributed by atoms with Crippen molar-refractivity contribution in [2.24, 2.45) is 17.6 Å². The lowest BCUT2D eigenvalue weighted by atomic mass is 9.87. The molecule has 0 saturated carbocycles. The van der Waals surface area contributed by atoms with Gasteiger partial charge in [0.05, 0.1) is 0 Å². The summed E-state index contributed by atoms with van der Waals surface area (Å²) < 4.78 is 13.0. The maximum absolute atomic E-state index is 13.0. The minimum atomic E-state index is -0.185. The van der Waals surface area contributed by atoms with Crippen molar-refractivity contribution in [1.82, 2.24) is 4.90 Å². The summed E-state index contributed by atoms with van der Waals surface area (Å²) in [5.41, 5.74) is 7.04. The maximum Gasteiger partial charge on any atom is 0.123 e. The van der Waals surface area contributed by atoms with E-state index < -0.39 is 0 Å². The van der Waals surface area contributed by atoms with E-state index in [4.69, 9.17) is 5.73 Å². The van der Waals surface area contributed by atoms with Gasteiger partial charge >= 0.3 is 0 Å². The Morgan fingerprint density at radius 2 is 1.94 bits per heavy atom. The highest BCUT2D eigenvalue weighted by Crippen LogP contribution is 2.29. The number of rotatable bonds is 3. The first-order valence-corrected chi connectivity index (χ1v) is 6.81. The van der Waals surface area contributed by atoms with Crippen LogP contribution in [0, 0.1) is 17.7 Å². The van der Waals surface area contributed by atoms with Gasteiger partial charge in [-0.2, -0.15) is 0 Å². The molecule has 2 rings (SSSR count). The van der Waals surface area contributed by atoms with E-state index in [1.807, 2.05) is 12.1 Å². The minimum Gasteiger partial charge on any atom is -0.329 e. The number of likely N-dealkylation sites (tertiary alicyclic amines) is 1. The molecule has 1 saturated heterocycles. The molecule has 18 heavy (non-hydrogen) atoms. The van der Waals surface area contributed by atoms with Crippen molar-refractivity contribution in [3.8, 4) is 0 Å². The maximum atomic E-state index is 13.0. The van der Waals surface area contributed by atoms with Crippen molar-refractivity contribution in [3.05, 3.63) is 35.6 Å². The normalized spacial score (nSPS) is 27.1. The van der Waals surface area contributed by atoms with E-state index in [0.29, 0.717) is 12.5 Å². The highest BCUT2D eigenvalue weighted by atomic mass is 19.1. The summed E-state index contributed by atoms with van der Waals surface area (Å²) in [6.45, 7) is 7.38. The quantitative estimate of drug-likeness (QED) is 0.894. The molecule has 2 nitrogen and oxygen atoms in total. The summed E-state index contributed by atoms with van der Waals surface area (Å²) in [7, 11) is 0. The number of benzene rings is 1. The number of hydrogen-bond acceptors (Lipinski definition) is 2. The van der Waals surface area contributed by atoms with Gasteiger partial charge in [-0.15, -0.1) is 0 Å². The average molecular weight is 250 g/mol. The molecule has 1 fully saturated rings. The number of nitrogens with zero attached hydrogens (tertiary/aromatic N) is 1. The molecule has 0 radical (unpaired) electrons. The summed E-state index contributed by atoms with van der Waals surface area (Å²) in [6.07, 6.45) is 1.22. The summed E-state index contributed by atoms with van der Waals surface area (Å²) in [4.78, 5) is 2.44. The minimum absolute atomic E-state index is 0.185. The number of halogens is 1. The lowest BCUT2D eigenvalue weighted by molar-refractivity contribution is 0.0983. The molecule has 1 aliphatic heterocycles. The lowest BCUT2D eigenvalue weighted by Gasteiger charge is -2.40. The highest BCUT2D eigenvalue weighted by Gasteiger charge is 2.27. The zero-order valence-electron chi connectivity index (χ0n) is 11.3. The van der Waals surface area contributed by atoms with Gasteiger partial charge in [-0.3, -0.25) is 4.90 Å². The lowest BCUT2D eigenvalue weighted by Crippen LogP contribution is -2.43. The Bertz CT molecular complexity index is 377. The number of nitrogens with two attached hydrogens (primary N) is 1. The van der Waals surface area contributed by atoms with E-state index >= 15 is 0 Å². The molecular weight excluding hydrogens is 227 g/mol. The van der Waals surface area contributed by atoms with Gasteiger partial charge in [0, 0.05) is 19.1 Å². The largest absolute Gasteiger partial charge is 0.329 e. The van der Waals surface area contributed by atoms with Crippen LogP contribution in [0.2, 0.25) is 0 Å². The molecule has 0 bridgehead atoms. The molecule has 1 heterocycles. The summed E-state index contributed by atoms with van der Waals surface area (Å²) in [6, 6.07) is 6.98. The number of hydrogen-bond donors (Lipinski definition) is 1. The Labute approximate surface area is 109 Å². The van der Waals surface area contributed by atoms with Crippen LogP contribution >= 0.6 is 0 Å². The van der Waals surface area contributed by atoms with E-state index in [-0.39, 0.29) is 11.9 Å². The second kappa shape index (κ2) is 5.81. The fourth-order valence-corrected chi connectivity index (χ4v) is 2.76. The SMILES string of the molecule is CC1CCN(C(CN)c2ccc(F)cc2)CC1C. The van der Waals surface area contributed by atoms with Gasteiger partial charge in [-0.25, -0.2) is 4.39 Å². The van der Waals surface area contributed by atoms with E-state index in [1.54, 1.807) is 0 Å². The fraction of sp³-hybridized carbons (Fsp3) is 0.600. The Kier molecular flexibility index (Phi) is 4.36. The van der Waals surface area contributed by atoms with Crippen molar-refractivity contribution in [2.45, 2.75) is 26.3 Å². The second-order valence-electron chi connectivity index (χ2n) is 5.54. The molecule has 3 unspecified atom stereocenters. The molecule has 0 amide bonds. The van der Waals surface area contributed by atoms with Crippen molar-refractivity contribution in [3.63, 3.8) is 0 Å². The van der Waals surface area contributed by atoms with Crippen LogP contribution in [-0.4, -0.2) is 24.5 Å². The van der Waals surface area contributed by atoms with Crippen molar-refractivity contribution >= 4 is 0 Å². The topological polar surface area (TPSA) is 29.3 Å². The smallest absolute Gasteiger partial charge is 0.123 e. The van der Waals surface area contributed by atoms with E-state index in [1.165, 1.54) is 18.6 Å². The van der Waals surface area contributed by atoms with Crippen molar-refractivity contribution in [1.29, 1.82) is 0 Å². The zero-order valence-corrected chi connectivity index (χ0v) is 11.3. The zero-order chi connectivity index (χ0) is 13.1. The van der Waals surface area contributed by atoms with Gasteiger partial charge in [-0.1, -0.05) is 26.0 Å². The summed E-state index contributed by atoms with van der Waals surface area (Å²) in [5.74, 6) is 1.30. The molecule has 3 heteroatoms. The van der Waals surface area contributed by atoms with Crippen LogP contribution < -0.4 is 5.73 Å². The average Bonchev–Trinajstić information content (AvgIpc) is 2.37.